The number of nitrogens with zero attached hydrogens (tertiary/aromatic N) is 2. The minimum atomic E-state index is -3.63. The maximum atomic E-state index is 12.6. The van der Waals surface area contributed by atoms with Gasteiger partial charge in [0, 0.05) is 18.2 Å². The summed E-state index contributed by atoms with van der Waals surface area (Å²) in [5.74, 6) is 0.225. The molecule has 0 saturated carbocycles. The zero-order chi connectivity index (χ0) is 20.9. The first-order valence-electron chi connectivity index (χ1n) is 8.99. The number of amides is 1. The van der Waals surface area contributed by atoms with Gasteiger partial charge in [0.25, 0.3) is 5.91 Å². The molecule has 0 fully saturated rings. The minimum Gasteiger partial charge on any atom is -0.307 e. The smallest absolute Gasteiger partial charge is 0.256 e. The number of hydrogen-bond acceptors (Lipinski definition) is 4. The monoisotopic (exact) mass is 410 g/mol. The molecule has 0 spiro atoms. The van der Waals surface area contributed by atoms with Gasteiger partial charge in [-0.1, -0.05) is 36.4 Å². The standard InChI is InChI=1S/C21H22N4O3S/c1-3-13-22-29(27,28)19-11-9-18(10-12-19)21(26)23-20-14-16(2)24-25(20)15-17-7-5-4-6-8-17/h3-12,14,22H,1,13,15H2,2H3,(H,23,26). The van der Waals surface area contributed by atoms with Gasteiger partial charge in [-0.3, -0.25) is 4.79 Å². The van der Waals surface area contributed by atoms with Crippen LogP contribution >= 0.6 is 0 Å². The van der Waals surface area contributed by atoms with Crippen molar-refractivity contribution in [1.29, 1.82) is 0 Å². The fourth-order valence-corrected chi connectivity index (χ4v) is 3.75. The molecule has 1 amide bonds. The summed E-state index contributed by atoms with van der Waals surface area (Å²) in [4.78, 5) is 12.7. The van der Waals surface area contributed by atoms with Crippen LogP contribution in [0.3, 0.4) is 0 Å². The molecule has 0 aliphatic carbocycles. The third-order valence-corrected chi connectivity index (χ3v) is 5.60. The van der Waals surface area contributed by atoms with E-state index in [4.69, 9.17) is 0 Å². The number of anilines is 1. The molecule has 150 valence electrons. The Balaban J connectivity index is 1.75. The van der Waals surface area contributed by atoms with Gasteiger partial charge in [-0.05, 0) is 36.8 Å². The van der Waals surface area contributed by atoms with E-state index in [1.807, 2.05) is 37.3 Å². The molecule has 29 heavy (non-hydrogen) atoms. The average Bonchev–Trinajstić information content (AvgIpc) is 3.05. The maximum Gasteiger partial charge on any atom is 0.256 e. The zero-order valence-electron chi connectivity index (χ0n) is 16.0. The van der Waals surface area contributed by atoms with Crippen molar-refractivity contribution in [3.05, 3.63) is 90.1 Å². The van der Waals surface area contributed by atoms with Crippen molar-refractivity contribution in [3.8, 4) is 0 Å². The molecule has 0 aliphatic heterocycles. The number of carbonyl (C=O) groups is 1. The number of sulfonamides is 1. The van der Waals surface area contributed by atoms with Crippen LogP contribution in [-0.2, 0) is 16.6 Å². The molecule has 0 radical (unpaired) electrons. The molecule has 1 heterocycles. The Morgan fingerprint density at radius 1 is 1.14 bits per heavy atom. The number of aryl methyl sites for hydroxylation is 1. The van der Waals surface area contributed by atoms with Gasteiger partial charge in [-0.15, -0.1) is 6.58 Å². The summed E-state index contributed by atoms with van der Waals surface area (Å²) in [5, 5.41) is 7.28. The van der Waals surface area contributed by atoms with Gasteiger partial charge >= 0.3 is 0 Å². The molecule has 2 aromatic carbocycles. The second kappa shape index (κ2) is 8.85. The molecule has 3 rings (SSSR count). The summed E-state index contributed by atoms with van der Waals surface area (Å²) in [6, 6.07) is 17.3. The second-order valence-electron chi connectivity index (χ2n) is 6.43. The van der Waals surface area contributed by atoms with Crippen LogP contribution in [0.1, 0.15) is 21.6 Å². The highest BCUT2D eigenvalue weighted by Crippen LogP contribution is 2.16. The summed E-state index contributed by atoms with van der Waals surface area (Å²) in [6.45, 7) is 6.00. The molecule has 3 aromatic rings. The largest absolute Gasteiger partial charge is 0.307 e. The van der Waals surface area contributed by atoms with Crippen LogP contribution in [0.5, 0.6) is 0 Å². The Morgan fingerprint density at radius 3 is 2.48 bits per heavy atom. The summed E-state index contributed by atoms with van der Waals surface area (Å²) in [6.07, 6.45) is 1.46. The molecule has 0 bridgehead atoms. The first-order valence-corrected chi connectivity index (χ1v) is 10.5. The Morgan fingerprint density at radius 2 is 1.83 bits per heavy atom. The molecular formula is C21H22N4O3S. The van der Waals surface area contributed by atoms with Gasteiger partial charge in [-0.2, -0.15) is 5.10 Å². The van der Waals surface area contributed by atoms with E-state index in [-0.39, 0.29) is 17.3 Å². The first kappa shape index (κ1) is 20.5. The Labute approximate surface area is 170 Å². The summed E-state index contributed by atoms with van der Waals surface area (Å²) < 4.78 is 28.3. The fraction of sp³-hybridized carbons (Fsp3) is 0.143. The highest BCUT2D eigenvalue weighted by molar-refractivity contribution is 7.89. The molecule has 7 nitrogen and oxygen atoms in total. The molecule has 8 heteroatoms. The lowest BCUT2D eigenvalue weighted by atomic mass is 10.2. The third kappa shape index (κ3) is 5.18. The Hall–Kier alpha value is -3.23. The molecule has 2 N–H and O–H groups in total. The highest BCUT2D eigenvalue weighted by Gasteiger charge is 2.15. The van der Waals surface area contributed by atoms with Crippen molar-refractivity contribution < 1.29 is 13.2 Å². The van der Waals surface area contributed by atoms with E-state index >= 15 is 0 Å². The van der Waals surface area contributed by atoms with Crippen LogP contribution in [0.25, 0.3) is 0 Å². The lowest BCUT2D eigenvalue weighted by molar-refractivity contribution is 0.102. The summed E-state index contributed by atoms with van der Waals surface area (Å²) in [7, 11) is -3.63. The quantitative estimate of drug-likeness (QED) is 0.559. The first-order chi connectivity index (χ1) is 13.9. The number of benzene rings is 2. The number of carbonyl (C=O) groups excluding carboxylic acids is 1. The van der Waals surface area contributed by atoms with Crippen LogP contribution in [0.4, 0.5) is 5.82 Å². The van der Waals surface area contributed by atoms with Crippen LogP contribution in [0.15, 0.2) is 78.2 Å². The zero-order valence-corrected chi connectivity index (χ0v) is 16.8. The van der Waals surface area contributed by atoms with E-state index in [9.17, 15) is 13.2 Å². The second-order valence-corrected chi connectivity index (χ2v) is 8.20. The van der Waals surface area contributed by atoms with Gasteiger partial charge in [0.15, 0.2) is 0 Å². The van der Waals surface area contributed by atoms with Crippen molar-refractivity contribution in [2.45, 2.75) is 18.4 Å². The topological polar surface area (TPSA) is 93.1 Å². The van der Waals surface area contributed by atoms with Gasteiger partial charge in [0.1, 0.15) is 5.82 Å². The van der Waals surface area contributed by atoms with Crippen LogP contribution in [0.2, 0.25) is 0 Å². The summed E-state index contributed by atoms with van der Waals surface area (Å²) >= 11 is 0. The lowest BCUT2D eigenvalue weighted by Crippen LogP contribution is -2.23. The van der Waals surface area contributed by atoms with E-state index < -0.39 is 10.0 Å². The van der Waals surface area contributed by atoms with Crippen LogP contribution in [-0.4, -0.2) is 30.7 Å². The number of nitrogens with one attached hydrogen (secondary N) is 2. The molecule has 0 saturated heterocycles. The van der Waals surface area contributed by atoms with Crippen molar-refractivity contribution in [1.82, 2.24) is 14.5 Å². The molecular weight excluding hydrogens is 388 g/mol. The fourth-order valence-electron chi connectivity index (χ4n) is 2.75. The van der Waals surface area contributed by atoms with Crippen LogP contribution < -0.4 is 10.0 Å². The van der Waals surface area contributed by atoms with Gasteiger partial charge in [-0.25, -0.2) is 17.8 Å². The number of aromatic nitrogens is 2. The minimum absolute atomic E-state index is 0.0841. The predicted octanol–water partition coefficient (Wildman–Crippen LogP) is 2.96. The average molecular weight is 410 g/mol. The van der Waals surface area contributed by atoms with Gasteiger partial charge in [0.05, 0.1) is 17.1 Å². The van der Waals surface area contributed by atoms with Gasteiger partial charge in [0.2, 0.25) is 10.0 Å². The van der Waals surface area contributed by atoms with Crippen molar-refractivity contribution in [2.24, 2.45) is 0 Å². The molecule has 0 atom stereocenters. The Bertz CT molecular complexity index is 1100. The number of hydrogen-bond donors (Lipinski definition) is 2. The molecule has 1 aromatic heterocycles. The van der Waals surface area contributed by atoms with E-state index in [0.717, 1.165) is 11.3 Å². The number of rotatable bonds is 8. The predicted molar refractivity (Wildman–Crippen MR) is 112 cm³/mol. The summed E-state index contributed by atoms with van der Waals surface area (Å²) in [5.41, 5.74) is 2.19. The van der Waals surface area contributed by atoms with Crippen molar-refractivity contribution >= 4 is 21.7 Å². The molecule has 0 aliphatic rings. The molecule has 0 unspecified atom stereocenters. The lowest BCUT2D eigenvalue weighted by Gasteiger charge is -2.10. The van der Waals surface area contributed by atoms with Crippen molar-refractivity contribution in [3.63, 3.8) is 0 Å². The SMILES string of the molecule is C=CCNS(=O)(=O)c1ccc(C(=O)Nc2cc(C)nn2Cc2ccccc2)cc1. The van der Waals surface area contributed by atoms with E-state index in [2.05, 4.69) is 21.7 Å². The van der Waals surface area contributed by atoms with E-state index in [0.29, 0.717) is 17.9 Å². The highest BCUT2D eigenvalue weighted by atomic mass is 32.2. The normalized spacial score (nSPS) is 11.2. The van der Waals surface area contributed by atoms with E-state index in [1.54, 1.807) is 10.7 Å². The van der Waals surface area contributed by atoms with Gasteiger partial charge < -0.3 is 5.32 Å². The third-order valence-electron chi connectivity index (χ3n) is 4.16. The maximum absolute atomic E-state index is 12.6. The Kier molecular flexibility index (Phi) is 6.26. The van der Waals surface area contributed by atoms with E-state index in [1.165, 1.54) is 30.3 Å². The van der Waals surface area contributed by atoms with Crippen molar-refractivity contribution in [2.75, 3.05) is 11.9 Å². The van der Waals surface area contributed by atoms with Crippen LogP contribution in [0, 0.1) is 6.92 Å².